The molecule has 20 heavy (non-hydrogen) atoms. The van der Waals surface area contributed by atoms with Gasteiger partial charge in [-0.1, -0.05) is 36.4 Å². The normalized spacial score (nSPS) is 15.1. The number of hydrogen-bond acceptors (Lipinski definition) is 2. The van der Waals surface area contributed by atoms with Gasteiger partial charge >= 0.3 is 0 Å². The number of amides is 1. The maximum absolute atomic E-state index is 12.3. The Morgan fingerprint density at radius 2 is 1.65 bits per heavy atom. The van der Waals surface area contributed by atoms with Crippen molar-refractivity contribution < 1.29 is 4.79 Å². The number of pyridine rings is 1. The summed E-state index contributed by atoms with van der Waals surface area (Å²) in [6.07, 6.45) is 5.22. The molecule has 1 aliphatic heterocycles. The molecular formula is C17H18N2O. The van der Waals surface area contributed by atoms with Crippen LogP contribution in [-0.4, -0.2) is 28.9 Å². The zero-order valence-corrected chi connectivity index (χ0v) is 11.5. The average Bonchev–Trinajstić information content (AvgIpc) is 2.56. The molecule has 1 saturated heterocycles. The molecule has 0 bridgehead atoms. The van der Waals surface area contributed by atoms with Crippen molar-refractivity contribution in [2.24, 2.45) is 0 Å². The van der Waals surface area contributed by atoms with Crippen molar-refractivity contribution in [3.05, 3.63) is 54.4 Å². The standard InChI is InChI=1S/C17H18N2O/c20-17(19-11-5-2-6-12-19)16-10-9-15(13-18-16)14-7-3-1-4-8-14/h1,3-4,7-10,13H,2,5-6,11-12H2. The Morgan fingerprint density at radius 3 is 2.30 bits per heavy atom. The molecule has 0 unspecified atom stereocenters. The highest BCUT2D eigenvalue weighted by atomic mass is 16.2. The van der Waals surface area contributed by atoms with Crippen LogP contribution in [0.15, 0.2) is 48.7 Å². The maximum Gasteiger partial charge on any atom is 0.272 e. The first-order valence-electron chi connectivity index (χ1n) is 7.15. The smallest absolute Gasteiger partial charge is 0.272 e. The predicted molar refractivity (Wildman–Crippen MR) is 79.4 cm³/mol. The van der Waals surface area contributed by atoms with E-state index in [1.54, 1.807) is 6.20 Å². The van der Waals surface area contributed by atoms with Crippen molar-refractivity contribution in [1.29, 1.82) is 0 Å². The van der Waals surface area contributed by atoms with E-state index in [-0.39, 0.29) is 5.91 Å². The lowest BCUT2D eigenvalue weighted by Gasteiger charge is -2.26. The highest BCUT2D eigenvalue weighted by Crippen LogP contribution is 2.19. The van der Waals surface area contributed by atoms with Gasteiger partial charge < -0.3 is 4.90 Å². The van der Waals surface area contributed by atoms with Gasteiger partial charge in [-0.3, -0.25) is 9.78 Å². The van der Waals surface area contributed by atoms with Gasteiger partial charge in [-0.25, -0.2) is 0 Å². The van der Waals surface area contributed by atoms with Gasteiger partial charge in [0, 0.05) is 24.8 Å². The molecule has 2 aromatic rings. The van der Waals surface area contributed by atoms with Crippen LogP contribution in [0.4, 0.5) is 0 Å². The number of carbonyl (C=O) groups excluding carboxylic acids is 1. The number of benzene rings is 1. The lowest BCUT2D eigenvalue weighted by molar-refractivity contribution is 0.0718. The third-order valence-electron chi connectivity index (χ3n) is 3.73. The van der Waals surface area contributed by atoms with Crippen LogP contribution < -0.4 is 0 Å². The van der Waals surface area contributed by atoms with Crippen LogP contribution in [-0.2, 0) is 0 Å². The van der Waals surface area contributed by atoms with Gasteiger partial charge in [0.05, 0.1) is 0 Å². The molecule has 102 valence electrons. The first kappa shape index (κ1) is 12.9. The van der Waals surface area contributed by atoms with E-state index in [0.29, 0.717) is 5.69 Å². The van der Waals surface area contributed by atoms with Crippen molar-refractivity contribution >= 4 is 5.91 Å². The zero-order chi connectivity index (χ0) is 13.8. The summed E-state index contributed by atoms with van der Waals surface area (Å²) in [6, 6.07) is 13.9. The van der Waals surface area contributed by atoms with E-state index in [2.05, 4.69) is 4.98 Å². The van der Waals surface area contributed by atoms with Crippen LogP contribution in [0.5, 0.6) is 0 Å². The average molecular weight is 266 g/mol. The van der Waals surface area contributed by atoms with Crippen LogP contribution in [0.1, 0.15) is 29.8 Å². The summed E-state index contributed by atoms with van der Waals surface area (Å²) in [7, 11) is 0. The fraction of sp³-hybridized carbons (Fsp3) is 0.294. The molecule has 0 N–H and O–H groups in total. The van der Waals surface area contributed by atoms with Gasteiger partial charge in [0.25, 0.3) is 5.91 Å². The SMILES string of the molecule is O=C(c1ccc(-c2ccccc2)cn1)N1CCCCC1. The third kappa shape index (κ3) is 2.72. The van der Waals surface area contributed by atoms with Crippen molar-refractivity contribution in [1.82, 2.24) is 9.88 Å². The van der Waals surface area contributed by atoms with E-state index >= 15 is 0 Å². The lowest BCUT2D eigenvalue weighted by Crippen LogP contribution is -2.36. The maximum atomic E-state index is 12.3. The number of nitrogens with zero attached hydrogens (tertiary/aromatic N) is 2. The second kappa shape index (κ2) is 5.87. The number of carbonyl (C=O) groups is 1. The van der Waals surface area contributed by atoms with Gasteiger partial charge in [0.2, 0.25) is 0 Å². The molecule has 0 radical (unpaired) electrons. The van der Waals surface area contributed by atoms with Gasteiger partial charge in [-0.05, 0) is 30.9 Å². The second-order valence-corrected chi connectivity index (χ2v) is 5.15. The Balaban J connectivity index is 1.77. The van der Waals surface area contributed by atoms with Crippen molar-refractivity contribution in [3.8, 4) is 11.1 Å². The van der Waals surface area contributed by atoms with Crippen LogP contribution in [0.25, 0.3) is 11.1 Å². The summed E-state index contributed by atoms with van der Waals surface area (Å²) < 4.78 is 0. The Labute approximate surface area is 119 Å². The van der Waals surface area contributed by atoms with Crippen LogP contribution in [0, 0.1) is 0 Å². The molecule has 0 atom stereocenters. The third-order valence-corrected chi connectivity index (χ3v) is 3.73. The Kier molecular flexibility index (Phi) is 3.77. The number of likely N-dealkylation sites (tertiary alicyclic amines) is 1. The largest absolute Gasteiger partial charge is 0.337 e. The number of piperidine rings is 1. The van der Waals surface area contributed by atoms with Gasteiger partial charge in [0.1, 0.15) is 5.69 Å². The Bertz CT molecular complexity index is 572. The molecule has 0 saturated carbocycles. The molecule has 1 aromatic carbocycles. The fourth-order valence-corrected chi connectivity index (χ4v) is 2.58. The summed E-state index contributed by atoms with van der Waals surface area (Å²) >= 11 is 0. The van der Waals surface area contributed by atoms with E-state index in [9.17, 15) is 4.79 Å². The topological polar surface area (TPSA) is 33.2 Å². The minimum atomic E-state index is 0.0595. The summed E-state index contributed by atoms with van der Waals surface area (Å²) in [4.78, 5) is 18.6. The van der Waals surface area contributed by atoms with Gasteiger partial charge in [0.15, 0.2) is 0 Å². The number of rotatable bonds is 2. The van der Waals surface area contributed by atoms with Crippen molar-refractivity contribution in [2.45, 2.75) is 19.3 Å². The molecule has 3 heteroatoms. The molecule has 1 fully saturated rings. The highest BCUT2D eigenvalue weighted by molar-refractivity contribution is 5.92. The summed E-state index contributed by atoms with van der Waals surface area (Å²) in [5.74, 6) is 0.0595. The zero-order valence-electron chi connectivity index (χ0n) is 11.5. The van der Waals surface area contributed by atoms with E-state index < -0.39 is 0 Å². The van der Waals surface area contributed by atoms with Crippen LogP contribution >= 0.6 is 0 Å². The molecule has 0 aliphatic carbocycles. The molecule has 1 amide bonds. The number of hydrogen-bond donors (Lipinski definition) is 0. The van der Waals surface area contributed by atoms with Crippen molar-refractivity contribution in [2.75, 3.05) is 13.1 Å². The van der Waals surface area contributed by atoms with Crippen LogP contribution in [0.3, 0.4) is 0 Å². The minimum absolute atomic E-state index is 0.0595. The number of aromatic nitrogens is 1. The predicted octanol–water partition coefficient (Wildman–Crippen LogP) is 3.37. The first-order valence-corrected chi connectivity index (χ1v) is 7.15. The van der Waals surface area contributed by atoms with Crippen LogP contribution in [0.2, 0.25) is 0 Å². The van der Waals surface area contributed by atoms with E-state index in [1.807, 2.05) is 47.4 Å². The highest BCUT2D eigenvalue weighted by Gasteiger charge is 2.18. The van der Waals surface area contributed by atoms with Gasteiger partial charge in [-0.2, -0.15) is 0 Å². The van der Waals surface area contributed by atoms with E-state index in [4.69, 9.17) is 0 Å². The fourth-order valence-electron chi connectivity index (χ4n) is 2.58. The molecule has 1 aliphatic rings. The monoisotopic (exact) mass is 266 g/mol. The lowest BCUT2D eigenvalue weighted by atomic mass is 10.1. The molecule has 3 rings (SSSR count). The second-order valence-electron chi connectivity index (χ2n) is 5.15. The van der Waals surface area contributed by atoms with E-state index in [0.717, 1.165) is 37.1 Å². The molecular weight excluding hydrogens is 248 g/mol. The minimum Gasteiger partial charge on any atom is -0.337 e. The Hall–Kier alpha value is -2.16. The summed E-state index contributed by atoms with van der Waals surface area (Å²) in [5.41, 5.74) is 2.71. The molecule has 3 nitrogen and oxygen atoms in total. The summed E-state index contributed by atoms with van der Waals surface area (Å²) in [5, 5.41) is 0. The Morgan fingerprint density at radius 1 is 0.900 bits per heavy atom. The molecule has 0 spiro atoms. The quantitative estimate of drug-likeness (QED) is 0.835. The van der Waals surface area contributed by atoms with E-state index in [1.165, 1.54) is 6.42 Å². The first-order chi connectivity index (χ1) is 9.84. The summed E-state index contributed by atoms with van der Waals surface area (Å²) in [6.45, 7) is 1.72. The van der Waals surface area contributed by atoms with Crippen molar-refractivity contribution in [3.63, 3.8) is 0 Å². The molecule has 2 heterocycles. The molecule has 1 aromatic heterocycles. The van der Waals surface area contributed by atoms with Gasteiger partial charge in [-0.15, -0.1) is 0 Å².